The van der Waals surface area contributed by atoms with Gasteiger partial charge in [0.2, 0.25) is 0 Å². The Morgan fingerprint density at radius 1 is 1.00 bits per heavy atom. The van der Waals surface area contributed by atoms with Crippen molar-refractivity contribution < 1.29 is 0 Å². The number of nitrogens with two attached hydrogens (primary N) is 1. The monoisotopic (exact) mass is 279 g/mol. The molecule has 0 amide bonds. The van der Waals surface area contributed by atoms with Crippen molar-refractivity contribution in [2.24, 2.45) is 17.6 Å². The molecule has 3 fully saturated rings. The third-order valence-electron chi connectivity index (χ3n) is 6.15. The first-order valence-electron chi connectivity index (χ1n) is 8.96. The summed E-state index contributed by atoms with van der Waals surface area (Å²) in [6.07, 6.45) is 9.83. The molecule has 2 saturated heterocycles. The lowest BCUT2D eigenvalue weighted by Crippen LogP contribution is -2.49. The van der Waals surface area contributed by atoms with Crippen molar-refractivity contribution in [2.75, 3.05) is 32.7 Å². The topological polar surface area (TPSA) is 32.5 Å². The first kappa shape index (κ1) is 14.8. The summed E-state index contributed by atoms with van der Waals surface area (Å²) >= 11 is 0. The van der Waals surface area contributed by atoms with Crippen molar-refractivity contribution in [3.05, 3.63) is 0 Å². The molecule has 20 heavy (non-hydrogen) atoms. The van der Waals surface area contributed by atoms with E-state index in [0.717, 1.165) is 24.4 Å². The van der Waals surface area contributed by atoms with Crippen LogP contribution in [-0.4, -0.2) is 54.6 Å². The molecule has 116 valence electrons. The Morgan fingerprint density at radius 3 is 2.50 bits per heavy atom. The quantitative estimate of drug-likeness (QED) is 0.860. The molecular formula is C17H33N3. The molecule has 0 spiro atoms. The summed E-state index contributed by atoms with van der Waals surface area (Å²) in [4.78, 5) is 5.51. The summed E-state index contributed by atoms with van der Waals surface area (Å²) < 4.78 is 0. The number of hydrogen-bond acceptors (Lipinski definition) is 3. The van der Waals surface area contributed by atoms with E-state index in [2.05, 4.69) is 16.7 Å². The van der Waals surface area contributed by atoms with Crippen LogP contribution in [0.4, 0.5) is 0 Å². The van der Waals surface area contributed by atoms with Crippen molar-refractivity contribution >= 4 is 0 Å². The van der Waals surface area contributed by atoms with Crippen molar-refractivity contribution in [1.29, 1.82) is 0 Å². The first-order valence-corrected chi connectivity index (χ1v) is 8.96. The van der Waals surface area contributed by atoms with Gasteiger partial charge in [-0.2, -0.15) is 0 Å². The minimum absolute atomic E-state index is 0.656. The number of rotatable bonds is 3. The van der Waals surface area contributed by atoms with Gasteiger partial charge < -0.3 is 5.73 Å². The zero-order valence-electron chi connectivity index (χ0n) is 13.3. The lowest BCUT2D eigenvalue weighted by atomic mass is 9.78. The van der Waals surface area contributed by atoms with Crippen LogP contribution in [0.5, 0.6) is 0 Å². The summed E-state index contributed by atoms with van der Waals surface area (Å²) in [5.74, 6) is 1.81. The van der Waals surface area contributed by atoms with Gasteiger partial charge in [0, 0.05) is 25.2 Å². The molecule has 3 aliphatic rings. The van der Waals surface area contributed by atoms with E-state index in [4.69, 9.17) is 5.73 Å². The van der Waals surface area contributed by atoms with Gasteiger partial charge in [0.05, 0.1) is 0 Å². The van der Waals surface area contributed by atoms with Gasteiger partial charge in [-0.1, -0.05) is 19.8 Å². The zero-order valence-corrected chi connectivity index (χ0v) is 13.3. The average Bonchev–Trinajstić information content (AvgIpc) is 2.80. The minimum Gasteiger partial charge on any atom is -0.329 e. The number of nitrogens with zero attached hydrogens (tertiary/aromatic N) is 2. The fourth-order valence-electron chi connectivity index (χ4n) is 4.85. The van der Waals surface area contributed by atoms with E-state index in [1.54, 1.807) is 0 Å². The Labute approximate surface area is 124 Å². The van der Waals surface area contributed by atoms with Crippen molar-refractivity contribution in [3.63, 3.8) is 0 Å². The lowest BCUT2D eigenvalue weighted by molar-refractivity contribution is 0.103. The highest BCUT2D eigenvalue weighted by atomic mass is 15.3. The molecule has 2 atom stereocenters. The van der Waals surface area contributed by atoms with Gasteiger partial charge in [-0.15, -0.1) is 0 Å². The van der Waals surface area contributed by atoms with E-state index in [1.165, 1.54) is 71.1 Å². The van der Waals surface area contributed by atoms with E-state index >= 15 is 0 Å². The second kappa shape index (κ2) is 6.76. The predicted octanol–water partition coefficient (Wildman–Crippen LogP) is 2.31. The van der Waals surface area contributed by atoms with Crippen LogP contribution in [-0.2, 0) is 0 Å². The van der Waals surface area contributed by atoms with Crippen LogP contribution in [0.25, 0.3) is 0 Å². The molecule has 3 nitrogen and oxygen atoms in total. The van der Waals surface area contributed by atoms with Crippen LogP contribution in [0.3, 0.4) is 0 Å². The third kappa shape index (κ3) is 3.20. The van der Waals surface area contributed by atoms with Crippen LogP contribution in [0.1, 0.15) is 51.9 Å². The van der Waals surface area contributed by atoms with Crippen molar-refractivity contribution in [2.45, 2.75) is 64.0 Å². The average molecular weight is 279 g/mol. The standard InChI is InChI=1S/C17H33N3/c1-14-5-7-15(8-6-14)17(12-18)20-11-3-10-19-9-2-4-16(19)13-20/h14-17H,2-13,18H2,1H3. The van der Waals surface area contributed by atoms with Crippen molar-refractivity contribution in [1.82, 2.24) is 9.80 Å². The Hall–Kier alpha value is -0.120. The second-order valence-corrected chi connectivity index (χ2v) is 7.50. The summed E-state index contributed by atoms with van der Waals surface area (Å²) in [6, 6.07) is 1.48. The number of hydrogen-bond donors (Lipinski definition) is 1. The van der Waals surface area contributed by atoms with Gasteiger partial charge >= 0.3 is 0 Å². The molecule has 0 bridgehead atoms. The highest BCUT2D eigenvalue weighted by Gasteiger charge is 2.34. The van der Waals surface area contributed by atoms with Gasteiger partial charge in [-0.05, 0) is 63.6 Å². The molecule has 3 heteroatoms. The smallest absolute Gasteiger partial charge is 0.0247 e. The molecule has 0 radical (unpaired) electrons. The molecule has 1 saturated carbocycles. The predicted molar refractivity (Wildman–Crippen MR) is 84.7 cm³/mol. The highest BCUT2D eigenvalue weighted by molar-refractivity contribution is 4.90. The Kier molecular flexibility index (Phi) is 5.00. The Morgan fingerprint density at radius 2 is 1.75 bits per heavy atom. The highest BCUT2D eigenvalue weighted by Crippen LogP contribution is 2.33. The van der Waals surface area contributed by atoms with Crippen LogP contribution >= 0.6 is 0 Å². The van der Waals surface area contributed by atoms with E-state index in [9.17, 15) is 0 Å². The van der Waals surface area contributed by atoms with Crippen LogP contribution in [0, 0.1) is 11.8 Å². The Balaban J connectivity index is 1.62. The van der Waals surface area contributed by atoms with Gasteiger partial charge in [0.1, 0.15) is 0 Å². The maximum atomic E-state index is 6.20. The molecule has 2 aliphatic heterocycles. The lowest BCUT2D eigenvalue weighted by Gasteiger charge is -2.40. The Bertz CT molecular complexity index is 299. The van der Waals surface area contributed by atoms with Gasteiger partial charge in [0.15, 0.2) is 0 Å². The van der Waals surface area contributed by atoms with E-state index in [0.29, 0.717) is 6.04 Å². The zero-order chi connectivity index (χ0) is 13.9. The molecule has 3 rings (SSSR count). The van der Waals surface area contributed by atoms with Gasteiger partial charge in [-0.25, -0.2) is 0 Å². The van der Waals surface area contributed by atoms with Crippen LogP contribution in [0.2, 0.25) is 0 Å². The molecule has 2 unspecified atom stereocenters. The maximum absolute atomic E-state index is 6.20. The van der Waals surface area contributed by atoms with E-state index < -0.39 is 0 Å². The fraction of sp³-hybridized carbons (Fsp3) is 1.00. The molecule has 2 heterocycles. The maximum Gasteiger partial charge on any atom is 0.0247 e. The SMILES string of the molecule is CC1CCC(C(CN)N2CCCN3CCCC3C2)CC1. The fourth-order valence-corrected chi connectivity index (χ4v) is 4.85. The molecule has 0 aromatic rings. The van der Waals surface area contributed by atoms with Crippen LogP contribution < -0.4 is 5.73 Å². The second-order valence-electron chi connectivity index (χ2n) is 7.50. The third-order valence-corrected chi connectivity index (χ3v) is 6.15. The van der Waals surface area contributed by atoms with Crippen molar-refractivity contribution in [3.8, 4) is 0 Å². The molecular weight excluding hydrogens is 246 g/mol. The van der Waals surface area contributed by atoms with Gasteiger partial charge in [-0.3, -0.25) is 9.80 Å². The summed E-state index contributed by atoms with van der Waals surface area (Å²) in [6.45, 7) is 8.50. The van der Waals surface area contributed by atoms with Gasteiger partial charge in [0.25, 0.3) is 0 Å². The summed E-state index contributed by atoms with van der Waals surface area (Å²) in [5.41, 5.74) is 6.20. The minimum atomic E-state index is 0.656. The molecule has 0 aromatic carbocycles. The largest absolute Gasteiger partial charge is 0.329 e. The van der Waals surface area contributed by atoms with Crippen LogP contribution in [0.15, 0.2) is 0 Å². The summed E-state index contributed by atoms with van der Waals surface area (Å²) in [5, 5.41) is 0. The molecule has 2 N–H and O–H groups in total. The first-order chi connectivity index (χ1) is 9.78. The van der Waals surface area contributed by atoms with E-state index in [1.807, 2.05) is 0 Å². The van der Waals surface area contributed by atoms with E-state index in [-0.39, 0.29) is 0 Å². The molecule has 1 aliphatic carbocycles. The molecule has 0 aromatic heterocycles. The summed E-state index contributed by atoms with van der Waals surface area (Å²) in [7, 11) is 0. The normalized spacial score (nSPS) is 38.4. The number of fused-ring (bicyclic) bond motifs is 1.